The summed E-state index contributed by atoms with van der Waals surface area (Å²) in [5.74, 6) is 0.0996. The Labute approximate surface area is 124 Å². The van der Waals surface area contributed by atoms with Gasteiger partial charge in [0.2, 0.25) is 0 Å². The van der Waals surface area contributed by atoms with Crippen LogP contribution in [0.4, 0.5) is 5.69 Å². The monoisotopic (exact) mass is 275 g/mol. The molecule has 2 heteroatoms. The number of nitrogens with zero attached hydrogens (tertiary/aromatic N) is 1. The molecule has 0 unspecified atom stereocenters. The molecule has 0 saturated heterocycles. The maximum atomic E-state index is 12.2. The van der Waals surface area contributed by atoms with E-state index in [0.29, 0.717) is 0 Å². The number of para-hydroxylation sites is 1. The summed E-state index contributed by atoms with van der Waals surface area (Å²) in [6.45, 7) is 2.29. The first-order valence-electron chi connectivity index (χ1n) is 7.36. The minimum atomic E-state index is -0.0615. The minimum Gasteiger partial charge on any atom is -0.302 e. The zero-order chi connectivity index (χ0) is 14.4. The van der Waals surface area contributed by atoms with Crippen molar-refractivity contribution in [2.24, 2.45) is 0 Å². The molecule has 0 radical (unpaired) electrons. The van der Waals surface area contributed by atoms with Crippen molar-refractivity contribution in [1.82, 2.24) is 0 Å². The van der Waals surface area contributed by atoms with Crippen LogP contribution in [0.15, 0.2) is 66.7 Å². The number of benzene rings is 2. The quantitative estimate of drug-likeness (QED) is 0.777. The summed E-state index contributed by atoms with van der Waals surface area (Å²) in [6, 6.07) is 19.1. The van der Waals surface area contributed by atoms with Crippen molar-refractivity contribution in [3.05, 3.63) is 77.9 Å². The van der Waals surface area contributed by atoms with Gasteiger partial charge < -0.3 is 4.90 Å². The predicted octanol–water partition coefficient (Wildman–Crippen LogP) is 3.67. The Balaban J connectivity index is 1.94. The Kier molecular flexibility index (Phi) is 2.55. The molecule has 2 nitrogen and oxygen atoms in total. The van der Waals surface area contributed by atoms with Gasteiger partial charge in [0, 0.05) is 17.2 Å². The molecular weight excluding hydrogens is 258 g/mol. The lowest BCUT2D eigenvalue weighted by Gasteiger charge is -2.43. The zero-order valence-corrected chi connectivity index (χ0v) is 12.0. The van der Waals surface area contributed by atoms with Crippen LogP contribution < -0.4 is 4.90 Å². The van der Waals surface area contributed by atoms with Crippen LogP contribution in [-0.2, 0) is 10.2 Å². The highest BCUT2D eigenvalue weighted by Crippen LogP contribution is 2.47. The van der Waals surface area contributed by atoms with Gasteiger partial charge in [0.1, 0.15) is 0 Å². The van der Waals surface area contributed by atoms with Crippen LogP contribution in [0.5, 0.6) is 0 Å². The van der Waals surface area contributed by atoms with E-state index >= 15 is 0 Å². The van der Waals surface area contributed by atoms with E-state index in [4.69, 9.17) is 0 Å². The molecule has 0 N–H and O–H groups in total. The van der Waals surface area contributed by atoms with E-state index in [2.05, 4.69) is 49.4 Å². The van der Waals surface area contributed by atoms with Gasteiger partial charge in [0.15, 0.2) is 0 Å². The van der Waals surface area contributed by atoms with Crippen molar-refractivity contribution in [1.29, 1.82) is 0 Å². The molecule has 0 aromatic heterocycles. The van der Waals surface area contributed by atoms with Crippen LogP contribution in [0.25, 0.3) is 0 Å². The van der Waals surface area contributed by atoms with Gasteiger partial charge in [-0.3, -0.25) is 4.79 Å². The normalized spacial score (nSPS) is 26.6. The van der Waals surface area contributed by atoms with E-state index in [1.54, 1.807) is 6.08 Å². The van der Waals surface area contributed by atoms with Crippen LogP contribution in [0.1, 0.15) is 24.5 Å². The van der Waals surface area contributed by atoms with Crippen molar-refractivity contribution in [3.63, 3.8) is 0 Å². The van der Waals surface area contributed by atoms with E-state index < -0.39 is 0 Å². The molecule has 2 aliphatic rings. The van der Waals surface area contributed by atoms with E-state index in [0.717, 1.165) is 12.1 Å². The predicted molar refractivity (Wildman–Crippen MR) is 84.4 cm³/mol. The second-order valence-electron chi connectivity index (χ2n) is 6.05. The van der Waals surface area contributed by atoms with Gasteiger partial charge >= 0.3 is 0 Å². The highest BCUT2D eigenvalue weighted by Gasteiger charge is 2.43. The largest absolute Gasteiger partial charge is 0.302 e. The smallest absolute Gasteiger partial charge is 0.251 e. The average Bonchev–Trinajstić information content (AvgIpc) is 2.89. The molecule has 4 rings (SSSR count). The molecule has 0 aliphatic carbocycles. The van der Waals surface area contributed by atoms with Gasteiger partial charge in [-0.1, -0.05) is 61.5 Å². The van der Waals surface area contributed by atoms with Crippen molar-refractivity contribution in [2.75, 3.05) is 4.90 Å². The lowest BCUT2D eigenvalue weighted by Crippen LogP contribution is -2.45. The average molecular weight is 275 g/mol. The summed E-state index contributed by atoms with van der Waals surface area (Å²) < 4.78 is 0. The minimum absolute atomic E-state index is 0.0615. The molecule has 2 heterocycles. The lowest BCUT2D eigenvalue weighted by molar-refractivity contribution is -0.114. The topological polar surface area (TPSA) is 20.3 Å². The number of rotatable bonds is 1. The molecule has 2 aromatic rings. The summed E-state index contributed by atoms with van der Waals surface area (Å²) in [7, 11) is 0. The fourth-order valence-corrected chi connectivity index (χ4v) is 3.74. The van der Waals surface area contributed by atoms with Gasteiger partial charge in [-0.15, -0.1) is 0 Å². The van der Waals surface area contributed by atoms with Gasteiger partial charge in [-0.05, 0) is 23.6 Å². The first-order chi connectivity index (χ1) is 10.2. The number of amides is 1. The van der Waals surface area contributed by atoms with Crippen LogP contribution in [0.2, 0.25) is 0 Å². The molecule has 21 heavy (non-hydrogen) atoms. The second kappa shape index (κ2) is 4.32. The number of fused-ring (bicyclic) bond motifs is 3. The van der Waals surface area contributed by atoms with Gasteiger partial charge in [-0.2, -0.15) is 0 Å². The lowest BCUT2D eigenvalue weighted by atomic mass is 9.69. The molecule has 0 bridgehead atoms. The third-order valence-corrected chi connectivity index (χ3v) is 4.82. The fourth-order valence-electron chi connectivity index (χ4n) is 3.74. The molecular formula is C19H17NO. The number of anilines is 1. The summed E-state index contributed by atoms with van der Waals surface area (Å²) in [5, 5.41) is 0. The Hall–Kier alpha value is -2.35. The van der Waals surface area contributed by atoms with Gasteiger partial charge in [0.05, 0.1) is 6.04 Å². The maximum Gasteiger partial charge on any atom is 0.251 e. The SMILES string of the molecule is C[C@@]1(c2ccccc2)C[C@H]2C=CC(=O)N2c2ccccc21. The molecule has 0 saturated carbocycles. The van der Waals surface area contributed by atoms with Crippen molar-refractivity contribution in [3.8, 4) is 0 Å². The maximum absolute atomic E-state index is 12.2. The van der Waals surface area contributed by atoms with E-state index in [-0.39, 0.29) is 17.4 Å². The number of carbonyl (C=O) groups excluding carboxylic acids is 1. The van der Waals surface area contributed by atoms with Crippen molar-refractivity contribution in [2.45, 2.75) is 24.8 Å². The molecule has 2 aromatic carbocycles. The highest BCUT2D eigenvalue weighted by molar-refractivity contribution is 6.06. The van der Waals surface area contributed by atoms with Crippen LogP contribution in [-0.4, -0.2) is 11.9 Å². The van der Waals surface area contributed by atoms with Gasteiger partial charge in [-0.25, -0.2) is 0 Å². The molecule has 1 amide bonds. The molecule has 2 atom stereocenters. The molecule has 104 valence electrons. The number of hydrogen-bond donors (Lipinski definition) is 0. The molecule has 0 fully saturated rings. The van der Waals surface area contributed by atoms with Crippen molar-refractivity contribution >= 4 is 11.6 Å². The van der Waals surface area contributed by atoms with E-state index in [9.17, 15) is 4.79 Å². The first-order valence-corrected chi connectivity index (χ1v) is 7.36. The Morgan fingerprint density at radius 3 is 2.57 bits per heavy atom. The first kappa shape index (κ1) is 12.4. The zero-order valence-electron chi connectivity index (χ0n) is 12.0. The summed E-state index contributed by atoms with van der Waals surface area (Å²) in [4.78, 5) is 14.1. The Morgan fingerprint density at radius 1 is 1.05 bits per heavy atom. The standard InChI is InChI=1S/C19H17NO/c1-19(14-7-3-2-4-8-14)13-15-11-12-18(21)20(15)17-10-6-5-9-16(17)19/h2-12,15H,13H2,1H3/t15-,19+/m1/s1. The fraction of sp³-hybridized carbons (Fsp3) is 0.211. The Bertz CT molecular complexity index is 734. The second-order valence-corrected chi connectivity index (χ2v) is 6.05. The van der Waals surface area contributed by atoms with Crippen LogP contribution >= 0.6 is 0 Å². The summed E-state index contributed by atoms with van der Waals surface area (Å²) >= 11 is 0. The van der Waals surface area contributed by atoms with Crippen molar-refractivity contribution < 1.29 is 4.79 Å². The Morgan fingerprint density at radius 2 is 1.76 bits per heavy atom. The number of carbonyl (C=O) groups is 1. The van der Waals surface area contributed by atoms with Crippen LogP contribution in [0, 0.1) is 0 Å². The van der Waals surface area contributed by atoms with E-state index in [1.807, 2.05) is 23.1 Å². The number of hydrogen-bond acceptors (Lipinski definition) is 1. The third-order valence-electron chi connectivity index (χ3n) is 4.82. The summed E-state index contributed by atoms with van der Waals surface area (Å²) in [6.07, 6.45) is 4.67. The van der Waals surface area contributed by atoms with Crippen LogP contribution in [0.3, 0.4) is 0 Å². The molecule has 2 aliphatic heterocycles. The third kappa shape index (κ3) is 1.69. The molecule has 0 spiro atoms. The van der Waals surface area contributed by atoms with Gasteiger partial charge in [0.25, 0.3) is 5.91 Å². The van der Waals surface area contributed by atoms with E-state index in [1.165, 1.54) is 11.1 Å². The summed E-state index contributed by atoms with van der Waals surface area (Å²) in [5.41, 5.74) is 3.54. The highest BCUT2D eigenvalue weighted by atomic mass is 16.2.